The summed E-state index contributed by atoms with van der Waals surface area (Å²) in [7, 11) is 0. The van der Waals surface area contributed by atoms with Gasteiger partial charge in [-0.15, -0.1) is 0 Å². The average molecular weight is 457 g/mol. The van der Waals surface area contributed by atoms with Crippen molar-refractivity contribution >= 4 is 17.5 Å². The number of nitrogens with zero attached hydrogens (tertiary/aromatic N) is 3. The number of benzene rings is 2. The van der Waals surface area contributed by atoms with Crippen LogP contribution in [0.25, 0.3) is 17.2 Å². The Balaban J connectivity index is 1.50. The Hall–Kier alpha value is -4.40. The van der Waals surface area contributed by atoms with Crippen molar-refractivity contribution in [3.8, 4) is 23.0 Å². The predicted octanol–water partition coefficient (Wildman–Crippen LogP) is 4.15. The maximum atomic E-state index is 12.9. The zero-order valence-corrected chi connectivity index (χ0v) is 18.7. The van der Waals surface area contributed by atoms with Crippen molar-refractivity contribution in [3.63, 3.8) is 0 Å². The fraction of sp³-hybridized carbons (Fsp3) is 0.200. The lowest BCUT2D eigenvalue weighted by Gasteiger charge is -2.13. The highest BCUT2D eigenvalue weighted by Crippen LogP contribution is 2.26. The molecule has 1 aliphatic rings. The summed E-state index contributed by atoms with van der Waals surface area (Å²) in [5, 5.41) is 10.3. The molecule has 3 N–H and O–H groups in total. The van der Waals surface area contributed by atoms with Crippen LogP contribution in [0.5, 0.6) is 5.75 Å². The lowest BCUT2D eigenvalue weighted by Crippen LogP contribution is -2.24. The van der Waals surface area contributed by atoms with Crippen LogP contribution in [0.4, 0.5) is 16.3 Å². The maximum Gasteiger partial charge on any atom is 0.324 e. The highest BCUT2D eigenvalue weighted by atomic mass is 16.5. The van der Waals surface area contributed by atoms with Gasteiger partial charge in [0.05, 0.1) is 23.7 Å². The van der Waals surface area contributed by atoms with Gasteiger partial charge >= 0.3 is 6.03 Å². The quantitative estimate of drug-likeness (QED) is 0.403. The molecule has 34 heavy (non-hydrogen) atoms. The third kappa shape index (κ3) is 4.27. The Kier molecular flexibility index (Phi) is 5.82. The summed E-state index contributed by atoms with van der Waals surface area (Å²) >= 11 is 0. The van der Waals surface area contributed by atoms with Gasteiger partial charge in [-0.2, -0.15) is 9.78 Å². The molecule has 2 amide bonds. The molecule has 172 valence electrons. The van der Waals surface area contributed by atoms with E-state index in [4.69, 9.17) is 4.74 Å². The minimum Gasteiger partial charge on any atom is -0.492 e. The number of nitrogens with one attached hydrogen (secondary N) is 3. The van der Waals surface area contributed by atoms with Gasteiger partial charge in [-0.25, -0.2) is 9.78 Å². The number of rotatable bonds is 6. The van der Waals surface area contributed by atoms with Gasteiger partial charge < -0.3 is 10.1 Å². The van der Waals surface area contributed by atoms with Crippen molar-refractivity contribution in [3.05, 3.63) is 82.3 Å². The number of ether oxygens (including phenoxy) is 1. The molecule has 4 aromatic rings. The van der Waals surface area contributed by atoms with E-state index in [-0.39, 0.29) is 11.5 Å². The summed E-state index contributed by atoms with van der Waals surface area (Å²) in [5.74, 6) is 1.20. The number of carbonyl (C=O) groups excluding carboxylic acids is 1. The predicted molar refractivity (Wildman–Crippen MR) is 130 cm³/mol. The van der Waals surface area contributed by atoms with E-state index >= 15 is 0 Å². The first kappa shape index (κ1) is 21.4. The lowest BCUT2D eigenvalue weighted by atomic mass is 10.2. The monoisotopic (exact) mass is 456 g/mol. The molecule has 5 rings (SSSR count). The second-order valence-electron chi connectivity index (χ2n) is 7.87. The minimum absolute atomic E-state index is 0.171. The number of urea groups is 1. The summed E-state index contributed by atoms with van der Waals surface area (Å²) < 4.78 is 7.04. The van der Waals surface area contributed by atoms with Crippen LogP contribution in [0.1, 0.15) is 24.6 Å². The molecule has 1 aliphatic carbocycles. The van der Waals surface area contributed by atoms with E-state index in [0.29, 0.717) is 29.6 Å². The third-order valence-electron chi connectivity index (χ3n) is 5.59. The number of hydrogen-bond acceptors (Lipinski definition) is 5. The lowest BCUT2D eigenvalue weighted by molar-refractivity contribution is 0.261. The summed E-state index contributed by atoms with van der Waals surface area (Å²) in [6, 6.07) is 18.1. The maximum absolute atomic E-state index is 12.9. The molecule has 0 saturated carbocycles. The summed E-state index contributed by atoms with van der Waals surface area (Å²) in [5.41, 5.74) is 3.37. The van der Waals surface area contributed by atoms with Crippen LogP contribution in [-0.4, -0.2) is 32.4 Å². The third-order valence-corrected chi connectivity index (χ3v) is 5.59. The number of aromatic amines is 1. The Morgan fingerprint density at radius 1 is 1.09 bits per heavy atom. The van der Waals surface area contributed by atoms with Crippen LogP contribution < -0.4 is 20.9 Å². The van der Waals surface area contributed by atoms with E-state index in [2.05, 4.69) is 25.7 Å². The van der Waals surface area contributed by atoms with Crippen LogP contribution in [0, 0.1) is 0 Å². The van der Waals surface area contributed by atoms with Crippen LogP contribution >= 0.6 is 0 Å². The van der Waals surface area contributed by atoms with Crippen LogP contribution in [0.15, 0.2) is 65.5 Å². The topological polar surface area (TPSA) is 114 Å². The number of hydrogen-bond donors (Lipinski definition) is 3. The van der Waals surface area contributed by atoms with Gasteiger partial charge in [-0.3, -0.25) is 15.1 Å². The first-order chi connectivity index (χ1) is 16.6. The molecule has 0 aliphatic heterocycles. The summed E-state index contributed by atoms with van der Waals surface area (Å²) in [6.45, 7) is 2.36. The summed E-state index contributed by atoms with van der Waals surface area (Å²) in [4.78, 5) is 33.0. The molecule has 2 aromatic heterocycles. The molecule has 0 saturated heterocycles. The van der Waals surface area contributed by atoms with E-state index < -0.39 is 6.03 Å². The number of aromatic nitrogens is 4. The fourth-order valence-corrected chi connectivity index (χ4v) is 4.03. The van der Waals surface area contributed by atoms with Gasteiger partial charge in [-0.1, -0.05) is 42.5 Å². The van der Waals surface area contributed by atoms with Crippen molar-refractivity contribution in [1.29, 1.82) is 0 Å². The fourth-order valence-electron chi connectivity index (χ4n) is 4.03. The zero-order valence-electron chi connectivity index (χ0n) is 18.7. The van der Waals surface area contributed by atoms with Gasteiger partial charge in [-0.05, 0) is 38.3 Å². The molecule has 9 heteroatoms. The van der Waals surface area contributed by atoms with Crippen LogP contribution in [-0.2, 0) is 12.8 Å². The van der Waals surface area contributed by atoms with Crippen molar-refractivity contribution in [2.75, 3.05) is 17.2 Å². The van der Waals surface area contributed by atoms with Gasteiger partial charge in [0.1, 0.15) is 11.6 Å². The number of anilines is 2. The molecule has 9 nitrogen and oxygen atoms in total. The smallest absolute Gasteiger partial charge is 0.324 e. The molecule has 0 unspecified atom stereocenters. The average Bonchev–Trinajstić information content (AvgIpc) is 3.49. The van der Waals surface area contributed by atoms with Gasteiger partial charge in [0.25, 0.3) is 5.56 Å². The molecule has 0 radical (unpaired) electrons. The molecule has 2 aromatic carbocycles. The van der Waals surface area contributed by atoms with E-state index in [1.165, 1.54) is 4.68 Å². The van der Waals surface area contributed by atoms with E-state index in [0.717, 1.165) is 36.1 Å². The Bertz CT molecular complexity index is 1390. The second-order valence-corrected chi connectivity index (χ2v) is 7.87. The molecule has 0 atom stereocenters. The molecule has 2 heterocycles. The molecule has 0 spiro atoms. The molecule has 0 fully saturated rings. The van der Waals surface area contributed by atoms with Crippen molar-refractivity contribution in [2.24, 2.45) is 0 Å². The van der Waals surface area contributed by atoms with Crippen LogP contribution in [0.3, 0.4) is 0 Å². The number of carbonyl (C=O) groups is 1. The number of aryl methyl sites for hydroxylation is 1. The first-order valence-corrected chi connectivity index (χ1v) is 11.2. The standard InChI is InChI=1S/C25H24N6O3/c1-2-34-21-14-7-6-12-19(21)27-25(33)28-22-15-20(16-9-4-3-5-10-16)30-31(22)24-26-18-13-8-11-17(18)23(32)29-24/h3-7,9-10,12,14-15H,2,8,11,13H2,1H3,(H,26,29,32)(H2,27,28,33). The second kappa shape index (κ2) is 9.22. The first-order valence-electron chi connectivity index (χ1n) is 11.2. The van der Waals surface area contributed by atoms with Gasteiger partial charge in [0.2, 0.25) is 5.95 Å². The Morgan fingerprint density at radius 3 is 2.71 bits per heavy atom. The van der Waals surface area contributed by atoms with Crippen LogP contribution in [0.2, 0.25) is 0 Å². The Morgan fingerprint density at radius 2 is 1.88 bits per heavy atom. The number of H-pyrrole nitrogens is 1. The number of fused-ring (bicyclic) bond motifs is 1. The molecular weight excluding hydrogens is 432 g/mol. The molecule has 0 bridgehead atoms. The van der Waals surface area contributed by atoms with Gasteiger partial charge in [0, 0.05) is 17.2 Å². The van der Waals surface area contributed by atoms with Gasteiger partial charge in [0.15, 0.2) is 0 Å². The van der Waals surface area contributed by atoms with Crippen molar-refractivity contribution in [1.82, 2.24) is 19.7 Å². The normalized spacial score (nSPS) is 12.3. The molecular formula is C25H24N6O3. The SMILES string of the molecule is CCOc1ccccc1NC(=O)Nc1cc(-c2ccccc2)nn1-c1nc2c(c(=O)[nH]1)CCC2. The van der Waals surface area contributed by atoms with Crippen molar-refractivity contribution in [2.45, 2.75) is 26.2 Å². The number of para-hydroxylation sites is 2. The minimum atomic E-state index is -0.476. The highest BCUT2D eigenvalue weighted by molar-refractivity contribution is 6.00. The summed E-state index contributed by atoms with van der Waals surface area (Å²) in [6.07, 6.45) is 2.37. The van der Waals surface area contributed by atoms with E-state index in [9.17, 15) is 9.59 Å². The number of amides is 2. The zero-order chi connectivity index (χ0) is 23.5. The Labute approximate surface area is 195 Å². The largest absolute Gasteiger partial charge is 0.492 e. The van der Waals surface area contributed by atoms with E-state index in [1.54, 1.807) is 18.2 Å². The van der Waals surface area contributed by atoms with Crippen molar-refractivity contribution < 1.29 is 9.53 Å². The van der Waals surface area contributed by atoms with E-state index in [1.807, 2.05) is 49.4 Å². The highest BCUT2D eigenvalue weighted by Gasteiger charge is 2.21.